The van der Waals surface area contributed by atoms with Gasteiger partial charge in [-0.2, -0.15) is 26.3 Å². The molecule has 228 valence electrons. The van der Waals surface area contributed by atoms with E-state index in [4.69, 9.17) is 9.15 Å². The highest BCUT2D eigenvalue weighted by atomic mass is 19.4. The summed E-state index contributed by atoms with van der Waals surface area (Å²) in [6, 6.07) is -0.795. The van der Waals surface area contributed by atoms with Gasteiger partial charge in [-0.05, 0) is 46.1 Å². The summed E-state index contributed by atoms with van der Waals surface area (Å²) < 4.78 is 94.8. The molecule has 4 bridgehead atoms. The SMILES string of the molecule is CN(C)C(=O)C1CCCCCC(O)(C(F)(F)F)c2nnc(o2)-c2nc(c(C(F)(F)F)cc2NC(=O)OC(C)(C)C)N1. The van der Waals surface area contributed by atoms with E-state index in [0.29, 0.717) is 6.07 Å². The molecule has 0 saturated heterocycles. The summed E-state index contributed by atoms with van der Waals surface area (Å²) in [7, 11) is 2.77. The van der Waals surface area contributed by atoms with Crippen molar-refractivity contribution in [3.63, 3.8) is 0 Å². The number of amides is 2. The fourth-order valence-corrected chi connectivity index (χ4v) is 4.01. The summed E-state index contributed by atoms with van der Waals surface area (Å²) in [5.41, 5.74) is -7.40. The summed E-state index contributed by atoms with van der Waals surface area (Å²) in [5.74, 6) is -3.57. The van der Waals surface area contributed by atoms with Gasteiger partial charge in [0.2, 0.25) is 11.5 Å². The fraction of sp³-hybridized carbons (Fsp3) is 0.625. The number of fused-ring (bicyclic) bond motifs is 5. The number of hydrogen-bond donors (Lipinski definition) is 3. The molecular formula is C24H30F6N6O5. The lowest BCUT2D eigenvalue weighted by atomic mass is 9.94. The minimum atomic E-state index is -5.25. The van der Waals surface area contributed by atoms with Crippen LogP contribution in [0.15, 0.2) is 10.5 Å². The number of aromatic nitrogens is 3. The van der Waals surface area contributed by atoms with E-state index in [1.165, 1.54) is 34.9 Å². The molecule has 11 nitrogen and oxygen atoms in total. The van der Waals surface area contributed by atoms with Crippen LogP contribution in [-0.2, 0) is 21.3 Å². The second-order valence-electron chi connectivity index (χ2n) is 10.7. The molecule has 2 atom stereocenters. The standard InChI is InChI=1S/C24H30F6N6O5/c1-21(2,3)41-20(38)32-14-11-12(23(25,26)27)16-31-13(18(37)36(4)5)9-7-6-8-10-22(39,24(28,29)30)19-35-34-17(40-19)15(14)33-16/h11,13,39H,6-10H2,1-5H3,(H,31,33)(H,32,38). The van der Waals surface area contributed by atoms with Crippen LogP contribution in [0.5, 0.6) is 0 Å². The molecule has 0 saturated carbocycles. The van der Waals surface area contributed by atoms with Gasteiger partial charge in [0.05, 0.1) is 11.3 Å². The Morgan fingerprint density at radius 1 is 1.12 bits per heavy atom. The van der Waals surface area contributed by atoms with Crippen molar-refractivity contribution < 1.29 is 50.2 Å². The quantitative estimate of drug-likeness (QED) is 0.405. The summed E-state index contributed by atoms with van der Waals surface area (Å²) in [6.07, 6.45) is -12.5. The minimum absolute atomic E-state index is 0.0634. The predicted octanol–water partition coefficient (Wildman–Crippen LogP) is 5.08. The van der Waals surface area contributed by atoms with E-state index in [0.717, 1.165) is 4.90 Å². The van der Waals surface area contributed by atoms with Gasteiger partial charge in [-0.25, -0.2) is 9.78 Å². The molecule has 0 fully saturated rings. The monoisotopic (exact) mass is 596 g/mol. The van der Waals surface area contributed by atoms with Crippen molar-refractivity contribution in [2.24, 2.45) is 0 Å². The minimum Gasteiger partial charge on any atom is -0.444 e. The van der Waals surface area contributed by atoms with Gasteiger partial charge in [-0.1, -0.05) is 12.8 Å². The van der Waals surface area contributed by atoms with Crippen LogP contribution in [0, 0.1) is 0 Å². The Balaban J connectivity index is 2.28. The normalized spacial score (nSPS) is 20.4. The van der Waals surface area contributed by atoms with Gasteiger partial charge in [-0.3, -0.25) is 10.1 Å². The van der Waals surface area contributed by atoms with Crippen molar-refractivity contribution in [2.75, 3.05) is 24.7 Å². The van der Waals surface area contributed by atoms with Crippen molar-refractivity contribution in [2.45, 2.75) is 82.5 Å². The zero-order valence-corrected chi connectivity index (χ0v) is 22.8. The molecule has 1 aliphatic rings. The van der Waals surface area contributed by atoms with E-state index in [1.54, 1.807) is 0 Å². The number of carbonyl (C=O) groups is 2. The number of likely N-dealkylation sites (N-methyl/N-ethyl adjacent to an activating group) is 1. The number of carbonyl (C=O) groups excluding carboxylic acids is 2. The van der Waals surface area contributed by atoms with Gasteiger partial charge in [0, 0.05) is 14.1 Å². The number of pyridine rings is 1. The highest BCUT2D eigenvalue weighted by Gasteiger charge is 2.58. The zero-order valence-electron chi connectivity index (χ0n) is 22.8. The van der Waals surface area contributed by atoms with Crippen LogP contribution in [-0.4, -0.2) is 69.1 Å². The van der Waals surface area contributed by atoms with Gasteiger partial charge in [0.25, 0.3) is 11.8 Å². The third-order valence-electron chi connectivity index (χ3n) is 6.00. The largest absolute Gasteiger partial charge is 0.444 e. The van der Waals surface area contributed by atoms with Crippen LogP contribution >= 0.6 is 0 Å². The van der Waals surface area contributed by atoms with Crippen molar-refractivity contribution in [3.05, 3.63) is 17.5 Å². The van der Waals surface area contributed by atoms with E-state index in [2.05, 4.69) is 25.8 Å². The third kappa shape index (κ3) is 7.37. The summed E-state index contributed by atoms with van der Waals surface area (Å²) in [5, 5.41) is 22.0. The van der Waals surface area contributed by atoms with Crippen molar-refractivity contribution in [3.8, 4) is 11.6 Å². The van der Waals surface area contributed by atoms with Crippen LogP contribution in [0.1, 0.15) is 64.3 Å². The van der Waals surface area contributed by atoms with E-state index in [1.807, 2.05) is 0 Å². The highest BCUT2D eigenvalue weighted by molar-refractivity contribution is 5.90. The average Bonchev–Trinajstić information content (AvgIpc) is 3.30. The Morgan fingerprint density at radius 2 is 1.78 bits per heavy atom. The molecule has 41 heavy (non-hydrogen) atoms. The molecule has 0 spiro atoms. The molecule has 0 aliphatic carbocycles. The molecule has 2 aromatic rings. The summed E-state index contributed by atoms with van der Waals surface area (Å²) in [4.78, 5) is 30.3. The Kier molecular flexibility index (Phi) is 8.81. The van der Waals surface area contributed by atoms with Gasteiger partial charge in [0.1, 0.15) is 17.5 Å². The molecule has 0 radical (unpaired) electrons. The number of halogens is 6. The topological polar surface area (TPSA) is 143 Å². The lowest BCUT2D eigenvalue weighted by Crippen LogP contribution is -2.42. The third-order valence-corrected chi connectivity index (χ3v) is 6.00. The molecular weight excluding hydrogens is 566 g/mol. The zero-order chi connectivity index (χ0) is 31.0. The number of nitrogens with zero attached hydrogens (tertiary/aromatic N) is 4. The first-order valence-electron chi connectivity index (χ1n) is 12.5. The number of hydrogen-bond acceptors (Lipinski definition) is 9. The lowest BCUT2D eigenvalue weighted by molar-refractivity contribution is -0.277. The maximum Gasteiger partial charge on any atom is 0.426 e. The van der Waals surface area contributed by atoms with Crippen LogP contribution in [0.3, 0.4) is 0 Å². The van der Waals surface area contributed by atoms with Crippen molar-refractivity contribution >= 4 is 23.5 Å². The van der Waals surface area contributed by atoms with Gasteiger partial charge < -0.3 is 24.5 Å². The van der Waals surface area contributed by atoms with Crippen LogP contribution < -0.4 is 10.6 Å². The smallest absolute Gasteiger partial charge is 0.426 e. The Bertz CT molecular complexity index is 1270. The fourth-order valence-electron chi connectivity index (χ4n) is 4.01. The van der Waals surface area contributed by atoms with Gasteiger partial charge in [0.15, 0.2) is 5.69 Å². The Morgan fingerprint density at radius 3 is 2.34 bits per heavy atom. The maximum atomic E-state index is 14.2. The number of anilines is 2. The van der Waals surface area contributed by atoms with Gasteiger partial charge >= 0.3 is 18.4 Å². The summed E-state index contributed by atoms with van der Waals surface area (Å²) >= 11 is 0. The van der Waals surface area contributed by atoms with Crippen LogP contribution in [0.4, 0.5) is 42.6 Å². The van der Waals surface area contributed by atoms with E-state index in [9.17, 15) is 41.0 Å². The molecule has 3 heterocycles. The molecule has 0 aromatic carbocycles. The molecule has 17 heteroatoms. The molecule has 2 unspecified atom stereocenters. The molecule has 2 amide bonds. The Hall–Kier alpha value is -3.63. The maximum absolute atomic E-state index is 14.2. The number of aliphatic hydroxyl groups is 1. The van der Waals surface area contributed by atoms with Gasteiger partial charge in [-0.15, -0.1) is 10.2 Å². The van der Waals surface area contributed by atoms with E-state index < -0.39 is 82.6 Å². The molecule has 3 rings (SSSR count). The van der Waals surface area contributed by atoms with E-state index in [-0.39, 0.29) is 25.7 Å². The predicted molar refractivity (Wildman–Crippen MR) is 132 cm³/mol. The molecule has 3 N–H and O–H groups in total. The first-order chi connectivity index (χ1) is 18.7. The Labute approximate surface area is 230 Å². The molecule has 1 aliphatic heterocycles. The lowest BCUT2D eigenvalue weighted by Gasteiger charge is -2.27. The summed E-state index contributed by atoms with van der Waals surface area (Å²) in [6.45, 7) is 4.48. The first kappa shape index (κ1) is 31.9. The van der Waals surface area contributed by atoms with Crippen molar-refractivity contribution in [1.82, 2.24) is 20.1 Å². The second kappa shape index (κ2) is 11.3. The highest BCUT2D eigenvalue weighted by Crippen LogP contribution is 2.44. The number of rotatable bonds is 2. The molecule has 2 aromatic heterocycles. The van der Waals surface area contributed by atoms with E-state index >= 15 is 0 Å². The second-order valence-corrected chi connectivity index (χ2v) is 10.7. The van der Waals surface area contributed by atoms with Crippen LogP contribution in [0.25, 0.3) is 11.6 Å². The van der Waals surface area contributed by atoms with Crippen LogP contribution in [0.2, 0.25) is 0 Å². The first-order valence-corrected chi connectivity index (χ1v) is 12.5. The number of nitrogens with one attached hydrogen (secondary N) is 2. The van der Waals surface area contributed by atoms with Crippen molar-refractivity contribution in [1.29, 1.82) is 0 Å². The average molecular weight is 597 g/mol. The number of alkyl halides is 6. The number of ether oxygens (including phenoxy) is 1.